The van der Waals surface area contributed by atoms with Crippen LogP contribution in [-0.4, -0.2) is 64.8 Å². The Kier molecular flexibility index (Phi) is 7.99. The Labute approximate surface area is 179 Å². The maximum absolute atomic E-state index is 10.5. The number of ether oxygens (including phenoxy) is 3. The zero-order valence-corrected chi connectivity index (χ0v) is 18.0. The molecule has 6 heteroatoms. The first-order valence-corrected chi connectivity index (χ1v) is 10.4. The highest BCUT2D eigenvalue weighted by molar-refractivity contribution is 5.58. The second-order valence-corrected chi connectivity index (χ2v) is 7.56. The third kappa shape index (κ3) is 5.68. The van der Waals surface area contributed by atoms with Crippen LogP contribution in [-0.2, 0) is 6.42 Å². The van der Waals surface area contributed by atoms with Crippen LogP contribution >= 0.6 is 0 Å². The number of para-hydroxylation sites is 2. The van der Waals surface area contributed by atoms with Crippen LogP contribution in [0.4, 0.5) is 5.69 Å². The fourth-order valence-electron chi connectivity index (χ4n) is 3.86. The molecule has 162 valence electrons. The molecule has 0 spiro atoms. The summed E-state index contributed by atoms with van der Waals surface area (Å²) >= 11 is 0. The van der Waals surface area contributed by atoms with Gasteiger partial charge >= 0.3 is 0 Å². The van der Waals surface area contributed by atoms with E-state index in [9.17, 15) is 5.11 Å². The summed E-state index contributed by atoms with van der Waals surface area (Å²) in [7, 11) is 3.33. The van der Waals surface area contributed by atoms with Crippen molar-refractivity contribution in [3.05, 3.63) is 60.7 Å². The average Bonchev–Trinajstić information content (AvgIpc) is 2.78. The Morgan fingerprint density at radius 2 is 1.80 bits per heavy atom. The van der Waals surface area contributed by atoms with Gasteiger partial charge in [0.1, 0.15) is 25.0 Å². The molecule has 0 aromatic heterocycles. The van der Waals surface area contributed by atoms with E-state index in [-0.39, 0.29) is 6.61 Å². The summed E-state index contributed by atoms with van der Waals surface area (Å²) in [5, 5.41) is 10.5. The summed E-state index contributed by atoms with van der Waals surface area (Å²) < 4.78 is 16.8. The van der Waals surface area contributed by atoms with Crippen molar-refractivity contribution in [1.82, 2.24) is 0 Å². The summed E-state index contributed by atoms with van der Waals surface area (Å²) in [6, 6.07) is 14.0. The van der Waals surface area contributed by atoms with Gasteiger partial charge in [0.2, 0.25) is 0 Å². The van der Waals surface area contributed by atoms with E-state index < -0.39 is 6.10 Å². The van der Waals surface area contributed by atoms with Crippen LogP contribution in [0.5, 0.6) is 17.2 Å². The second-order valence-electron chi connectivity index (χ2n) is 7.56. The molecule has 0 aliphatic carbocycles. The molecule has 0 amide bonds. The van der Waals surface area contributed by atoms with Gasteiger partial charge in [-0.2, -0.15) is 0 Å². The highest BCUT2D eigenvalue weighted by Crippen LogP contribution is 2.29. The highest BCUT2D eigenvalue weighted by atomic mass is 16.5. The van der Waals surface area contributed by atoms with Crippen LogP contribution in [0.25, 0.3) is 0 Å². The minimum Gasteiger partial charge on any atom is -0.495 e. The number of aliphatic hydroxyl groups is 1. The lowest BCUT2D eigenvalue weighted by Gasteiger charge is -2.35. The molecular weight excluding hydrogens is 380 g/mol. The van der Waals surface area contributed by atoms with Gasteiger partial charge in [-0.25, -0.2) is 0 Å². The number of anilines is 1. The first-order valence-electron chi connectivity index (χ1n) is 10.4. The van der Waals surface area contributed by atoms with Crippen LogP contribution in [0, 0.1) is 0 Å². The number of piperazine rings is 1. The Hall–Kier alpha value is -2.70. The van der Waals surface area contributed by atoms with Crippen molar-refractivity contribution in [3.8, 4) is 17.2 Å². The maximum Gasteiger partial charge on any atom is 0.161 e. The number of benzene rings is 2. The lowest BCUT2D eigenvalue weighted by molar-refractivity contribution is -0.903. The highest BCUT2D eigenvalue weighted by Gasteiger charge is 2.24. The molecule has 1 fully saturated rings. The number of hydrogen-bond donors (Lipinski definition) is 2. The van der Waals surface area contributed by atoms with Crippen molar-refractivity contribution in [2.45, 2.75) is 12.5 Å². The molecule has 0 bridgehead atoms. The number of nitrogens with one attached hydrogen (secondary N) is 1. The molecule has 2 aromatic rings. The summed E-state index contributed by atoms with van der Waals surface area (Å²) in [6.07, 6.45) is 2.11. The largest absolute Gasteiger partial charge is 0.495 e. The molecule has 1 aliphatic heterocycles. The summed E-state index contributed by atoms with van der Waals surface area (Å²) in [4.78, 5) is 3.73. The maximum atomic E-state index is 10.5. The van der Waals surface area contributed by atoms with Gasteiger partial charge < -0.3 is 29.1 Å². The first-order chi connectivity index (χ1) is 14.6. The SMILES string of the molecule is C=CCc1ccc(OC[C@@H](O)C[NH+]2CCN(c3ccccc3OC)CC2)c(OC)c1. The topological polar surface area (TPSA) is 55.6 Å². The summed E-state index contributed by atoms with van der Waals surface area (Å²) in [5.74, 6) is 2.24. The number of hydrogen-bond acceptors (Lipinski definition) is 5. The molecular formula is C24H33N2O4+. The van der Waals surface area contributed by atoms with Crippen LogP contribution in [0.15, 0.2) is 55.1 Å². The van der Waals surface area contributed by atoms with Gasteiger partial charge in [-0.1, -0.05) is 24.3 Å². The number of rotatable bonds is 10. The Bertz CT molecular complexity index is 819. The summed E-state index contributed by atoms with van der Waals surface area (Å²) in [6.45, 7) is 8.47. The smallest absolute Gasteiger partial charge is 0.161 e. The van der Waals surface area contributed by atoms with Crippen LogP contribution in [0.3, 0.4) is 0 Å². The third-order valence-electron chi connectivity index (χ3n) is 5.46. The number of allylic oxidation sites excluding steroid dienone is 1. The number of methoxy groups -OCH3 is 2. The predicted octanol–water partition coefficient (Wildman–Crippen LogP) is 1.58. The molecule has 2 N–H and O–H groups in total. The zero-order chi connectivity index (χ0) is 21.3. The monoisotopic (exact) mass is 413 g/mol. The molecule has 1 heterocycles. The molecule has 1 saturated heterocycles. The van der Waals surface area contributed by atoms with Crippen molar-refractivity contribution in [1.29, 1.82) is 0 Å². The third-order valence-corrected chi connectivity index (χ3v) is 5.46. The van der Waals surface area contributed by atoms with E-state index in [0.717, 1.165) is 49.6 Å². The van der Waals surface area contributed by atoms with Gasteiger partial charge in [0.25, 0.3) is 0 Å². The Morgan fingerprint density at radius 1 is 1.07 bits per heavy atom. The second kappa shape index (κ2) is 10.9. The molecule has 1 aliphatic rings. The molecule has 6 nitrogen and oxygen atoms in total. The van der Waals surface area contributed by atoms with E-state index in [1.54, 1.807) is 14.2 Å². The van der Waals surface area contributed by atoms with Gasteiger partial charge in [0.15, 0.2) is 11.5 Å². The van der Waals surface area contributed by atoms with E-state index in [2.05, 4.69) is 17.5 Å². The van der Waals surface area contributed by atoms with Gasteiger partial charge in [0.05, 0.1) is 46.1 Å². The molecule has 3 rings (SSSR count). The average molecular weight is 414 g/mol. The number of aliphatic hydroxyl groups excluding tert-OH is 1. The van der Waals surface area contributed by atoms with E-state index in [4.69, 9.17) is 14.2 Å². The molecule has 1 atom stereocenters. The van der Waals surface area contributed by atoms with Crippen LogP contribution in [0.1, 0.15) is 5.56 Å². The van der Waals surface area contributed by atoms with Crippen molar-refractivity contribution in [2.24, 2.45) is 0 Å². The van der Waals surface area contributed by atoms with Gasteiger partial charge in [-0.05, 0) is 36.2 Å². The van der Waals surface area contributed by atoms with E-state index >= 15 is 0 Å². The first kappa shape index (κ1) is 22.0. The van der Waals surface area contributed by atoms with Crippen molar-refractivity contribution in [2.75, 3.05) is 58.5 Å². The van der Waals surface area contributed by atoms with E-state index in [1.165, 1.54) is 4.90 Å². The fourth-order valence-corrected chi connectivity index (χ4v) is 3.86. The molecule has 0 saturated carbocycles. The van der Waals surface area contributed by atoms with E-state index in [0.29, 0.717) is 18.0 Å². The van der Waals surface area contributed by atoms with Crippen molar-refractivity contribution in [3.63, 3.8) is 0 Å². The minimum atomic E-state index is -0.532. The molecule has 2 aromatic carbocycles. The molecule has 0 radical (unpaired) electrons. The van der Waals surface area contributed by atoms with Crippen LogP contribution in [0.2, 0.25) is 0 Å². The van der Waals surface area contributed by atoms with E-state index in [1.807, 2.05) is 42.5 Å². The van der Waals surface area contributed by atoms with Gasteiger partial charge in [-0.15, -0.1) is 6.58 Å². The minimum absolute atomic E-state index is 0.247. The quantitative estimate of drug-likeness (QED) is 0.580. The van der Waals surface area contributed by atoms with Gasteiger partial charge in [0, 0.05) is 0 Å². The zero-order valence-electron chi connectivity index (χ0n) is 18.0. The molecule has 30 heavy (non-hydrogen) atoms. The van der Waals surface area contributed by atoms with Crippen molar-refractivity contribution >= 4 is 5.69 Å². The number of quaternary nitrogens is 1. The lowest BCUT2D eigenvalue weighted by atomic mass is 10.1. The molecule has 0 unspecified atom stereocenters. The van der Waals surface area contributed by atoms with Gasteiger partial charge in [-0.3, -0.25) is 0 Å². The Balaban J connectivity index is 1.47. The van der Waals surface area contributed by atoms with Crippen LogP contribution < -0.4 is 24.0 Å². The lowest BCUT2D eigenvalue weighted by Crippen LogP contribution is -3.16. The van der Waals surface area contributed by atoms with Crippen molar-refractivity contribution < 1.29 is 24.2 Å². The normalized spacial score (nSPS) is 15.5. The predicted molar refractivity (Wildman–Crippen MR) is 119 cm³/mol. The number of nitrogens with zero attached hydrogens (tertiary/aromatic N) is 1. The summed E-state index contributed by atoms with van der Waals surface area (Å²) in [5.41, 5.74) is 2.25. The standard InChI is InChI=1S/C24H32N2O4/c1-4-7-19-10-11-23(24(16-19)29-3)30-18-20(27)17-25-12-14-26(15-13-25)21-8-5-6-9-22(21)28-2/h4-6,8-11,16,20,27H,1,7,12-15,17-18H2,2-3H3/p+1/t20-/m0/s1. The fraction of sp³-hybridized carbons (Fsp3) is 0.417. The Morgan fingerprint density at radius 3 is 2.50 bits per heavy atom.